The largest absolute Gasteiger partial charge is 0.433 e. The number of nitrogens with two attached hydrogens (primary N) is 1. The predicted molar refractivity (Wildman–Crippen MR) is 141 cm³/mol. The molecule has 1 aliphatic heterocycles. The van der Waals surface area contributed by atoms with Crippen molar-refractivity contribution in [2.45, 2.75) is 90.7 Å². The lowest BCUT2D eigenvalue weighted by Gasteiger charge is -2.30. The quantitative estimate of drug-likeness (QED) is 0.206. The van der Waals surface area contributed by atoms with E-state index >= 15 is 0 Å². The van der Waals surface area contributed by atoms with E-state index in [-0.39, 0.29) is 12.2 Å². The number of ether oxygens (including phenoxy) is 2. The molecule has 2 rings (SSSR count). The Morgan fingerprint density at radius 3 is 2.37 bits per heavy atom. The number of likely N-dealkylation sites (tertiary alicyclic amines) is 1. The summed E-state index contributed by atoms with van der Waals surface area (Å²) >= 11 is 0. The van der Waals surface area contributed by atoms with Crippen LogP contribution in [0.1, 0.15) is 84.1 Å². The molecule has 1 heterocycles. The van der Waals surface area contributed by atoms with Crippen molar-refractivity contribution in [2.75, 3.05) is 32.8 Å². The van der Waals surface area contributed by atoms with E-state index in [1.165, 1.54) is 57.7 Å². The summed E-state index contributed by atoms with van der Waals surface area (Å²) in [5, 5.41) is 0. The van der Waals surface area contributed by atoms with Gasteiger partial charge in [-0.2, -0.15) is 8.78 Å². The number of hydrogen-bond acceptors (Lipinski definition) is 5. The first-order valence-electron chi connectivity index (χ1n) is 13.3. The molecule has 0 atom stereocenters. The Morgan fingerprint density at radius 2 is 1.71 bits per heavy atom. The zero-order valence-corrected chi connectivity index (χ0v) is 21.9. The lowest BCUT2D eigenvalue weighted by molar-refractivity contribution is -0.177. The highest BCUT2D eigenvalue weighted by atomic mass is 19.3. The van der Waals surface area contributed by atoms with Gasteiger partial charge in [0.1, 0.15) is 5.75 Å². The van der Waals surface area contributed by atoms with E-state index in [4.69, 9.17) is 20.2 Å². The fraction of sp³-hybridized carbons (Fsp3) is 0.679. The van der Waals surface area contributed by atoms with Crippen LogP contribution in [-0.4, -0.2) is 55.6 Å². The second-order valence-corrected chi connectivity index (χ2v) is 9.44. The Labute approximate surface area is 210 Å². The van der Waals surface area contributed by atoms with Gasteiger partial charge >= 0.3 is 6.11 Å². The lowest BCUT2D eigenvalue weighted by atomic mass is 10.0. The van der Waals surface area contributed by atoms with Crippen LogP contribution >= 0.6 is 0 Å². The molecule has 0 saturated carbocycles. The molecule has 0 aromatic heterocycles. The van der Waals surface area contributed by atoms with Crippen LogP contribution in [0.4, 0.5) is 8.78 Å². The van der Waals surface area contributed by atoms with Gasteiger partial charge in [0.25, 0.3) is 0 Å². The molecule has 35 heavy (non-hydrogen) atoms. The van der Waals surface area contributed by atoms with Gasteiger partial charge in [0.05, 0.1) is 6.04 Å². The molecule has 0 unspecified atom stereocenters. The molecule has 0 amide bonds. The maximum absolute atomic E-state index is 13.4. The van der Waals surface area contributed by atoms with Gasteiger partial charge in [-0.05, 0) is 81.5 Å². The SMILES string of the molecule is CCCOCCCCCCCN1CCC(N=C(C)/C=C(\N)c2ccc(OC(F)(F)CC)cc2)CC1. The average Bonchev–Trinajstić information content (AvgIpc) is 2.84. The third-order valence-corrected chi connectivity index (χ3v) is 6.29. The molecular weight excluding hydrogens is 448 g/mol. The Hall–Kier alpha value is -1.99. The Balaban J connectivity index is 1.68. The minimum absolute atomic E-state index is 0.127. The molecule has 5 nitrogen and oxygen atoms in total. The second-order valence-electron chi connectivity index (χ2n) is 9.44. The topological polar surface area (TPSA) is 60.1 Å². The summed E-state index contributed by atoms with van der Waals surface area (Å²) in [6, 6.07) is 6.75. The molecule has 0 aliphatic carbocycles. The van der Waals surface area contributed by atoms with Gasteiger partial charge in [0.15, 0.2) is 0 Å². The van der Waals surface area contributed by atoms with Crippen LogP contribution in [0.2, 0.25) is 0 Å². The highest BCUT2D eigenvalue weighted by molar-refractivity contribution is 5.98. The average molecular weight is 494 g/mol. The Kier molecular flexibility index (Phi) is 13.3. The van der Waals surface area contributed by atoms with Gasteiger partial charge < -0.3 is 20.1 Å². The van der Waals surface area contributed by atoms with Crippen LogP contribution in [-0.2, 0) is 4.74 Å². The normalized spacial score (nSPS) is 16.6. The van der Waals surface area contributed by atoms with E-state index in [1.54, 1.807) is 12.1 Å². The van der Waals surface area contributed by atoms with Gasteiger partial charge in [0.2, 0.25) is 0 Å². The number of nitrogens with zero attached hydrogens (tertiary/aromatic N) is 2. The summed E-state index contributed by atoms with van der Waals surface area (Å²) in [6.45, 7) is 10.7. The highest BCUT2D eigenvalue weighted by Gasteiger charge is 2.28. The molecule has 1 aromatic rings. The van der Waals surface area contributed by atoms with Crippen molar-refractivity contribution in [1.82, 2.24) is 4.90 Å². The first-order valence-corrected chi connectivity index (χ1v) is 13.3. The number of halogens is 2. The van der Waals surface area contributed by atoms with E-state index in [1.807, 2.05) is 13.0 Å². The molecular formula is C28H45F2N3O2. The van der Waals surface area contributed by atoms with E-state index in [9.17, 15) is 8.78 Å². The summed E-state index contributed by atoms with van der Waals surface area (Å²) in [4.78, 5) is 7.42. The van der Waals surface area contributed by atoms with Gasteiger partial charge in [0, 0.05) is 44.1 Å². The highest BCUT2D eigenvalue weighted by Crippen LogP contribution is 2.25. The zero-order valence-electron chi connectivity index (χ0n) is 21.9. The molecule has 1 aromatic carbocycles. The summed E-state index contributed by atoms with van der Waals surface area (Å²) in [5.74, 6) is 0.127. The van der Waals surface area contributed by atoms with E-state index in [0.717, 1.165) is 56.8 Å². The van der Waals surface area contributed by atoms with Crippen LogP contribution in [0, 0.1) is 0 Å². The predicted octanol–water partition coefficient (Wildman–Crippen LogP) is 6.67. The van der Waals surface area contributed by atoms with Crippen molar-refractivity contribution in [3.63, 3.8) is 0 Å². The minimum atomic E-state index is -3.16. The molecule has 0 bridgehead atoms. The number of benzene rings is 1. The number of alkyl halides is 2. The summed E-state index contributed by atoms with van der Waals surface area (Å²) in [6.07, 6.45) is 7.86. The van der Waals surface area contributed by atoms with Crippen molar-refractivity contribution in [3.05, 3.63) is 35.9 Å². The smallest absolute Gasteiger partial charge is 0.397 e. The maximum atomic E-state index is 13.4. The number of unbranched alkanes of at least 4 members (excludes halogenated alkanes) is 4. The van der Waals surface area contributed by atoms with Gasteiger partial charge in [-0.1, -0.05) is 33.1 Å². The van der Waals surface area contributed by atoms with Crippen LogP contribution in [0.5, 0.6) is 5.75 Å². The van der Waals surface area contributed by atoms with Crippen LogP contribution in [0.25, 0.3) is 5.70 Å². The van der Waals surface area contributed by atoms with Crippen LogP contribution in [0.15, 0.2) is 35.3 Å². The molecule has 7 heteroatoms. The molecule has 2 N–H and O–H groups in total. The zero-order chi connectivity index (χ0) is 25.5. The maximum Gasteiger partial charge on any atom is 0.397 e. The lowest BCUT2D eigenvalue weighted by Crippen LogP contribution is -2.36. The van der Waals surface area contributed by atoms with E-state index < -0.39 is 6.11 Å². The van der Waals surface area contributed by atoms with Crippen molar-refractivity contribution >= 4 is 11.4 Å². The first kappa shape index (κ1) is 29.2. The standard InChI is InChI=1S/C28H45F2N3O2/c1-4-20-34-21-10-8-6-7-9-17-33-18-15-25(16-19-33)32-23(3)22-27(31)24-11-13-26(14-12-24)35-28(29,30)5-2/h11-14,22,25H,4-10,15-21,31H2,1-3H3/b27-22-,32-23?. The summed E-state index contributed by atoms with van der Waals surface area (Å²) < 4.78 is 37.0. The summed E-state index contributed by atoms with van der Waals surface area (Å²) in [5.41, 5.74) is 8.44. The third kappa shape index (κ3) is 12.0. The Morgan fingerprint density at radius 1 is 1.06 bits per heavy atom. The van der Waals surface area contributed by atoms with E-state index in [2.05, 4.69) is 11.8 Å². The van der Waals surface area contributed by atoms with Crippen molar-refractivity contribution in [3.8, 4) is 5.75 Å². The number of allylic oxidation sites excluding steroid dienone is 1. The van der Waals surface area contributed by atoms with Crippen LogP contribution < -0.4 is 10.5 Å². The molecule has 1 saturated heterocycles. The number of rotatable bonds is 16. The monoisotopic (exact) mass is 493 g/mol. The fourth-order valence-corrected chi connectivity index (χ4v) is 4.18. The van der Waals surface area contributed by atoms with Gasteiger partial charge in [-0.3, -0.25) is 4.99 Å². The number of aliphatic imine (C=N–C) groups is 1. The minimum Gasteiger partial charge on any atom is -0.433 e. The van der Waals surface area contributed by atoms with Crippen molar-refractivity contribution < 1.29 is 18.3 Å². The molecule has 1 fully saturated rings. The van der Waals surface area contributed by atoms with Gasteiger partial charge in [-0.25, -0.2) is 0 Å². The second kappa shape index (κ2) is 15.9. The number of piperidine rings is 1. The Bertz CT molecular complexity index is 773. The van der Waals surface area contributed by atoms with Crippen LogP contribution in [0.3, 0.4) is 0 Å². The molecule has 1 aliphatic rings. The first-order chi connectivity index (χ1) is 16.8. The molecule has 0 spiro atoms. The summed E-state index contributed by atoms with van der Waals surface area (Å²) in [7, 11) is 0. The van der Waals surface area contributed by atoms with Gasteiger partial charge in [-0.15, -0.1) is 0 Å². The fourth-order valence-electron chi connectivity index (χ4n) is 4.18. The third-order valence-electron chi connectivity index (χ3n) is 6.29. The van der Waals surface area contributed by atoms with Crippen molar-refractivity contribution in [2.24, 2.45) is 10.7 Å². The molecule has 198 valence electrons. The molecule has 0 radical (unpaired) electrons. The number of hydrogen-bond donors (Lipinski definition) is 1. The van der Waals surface area contributed by atoms with Crippen molar-refractivity contribution in [1.29, 1.82) is 0 Å². The van der Waals surface area contributed by atoms with E-state index in [0.29, 0.717) is 11.7 Å².